The molecule has 0 aliphatic rings. The van der Waals surface area contributed by atoms with Crippen molar-refractivity contribution in [2.24, 2.45) is 0 Å². The lowest BCUT2D eigenvalue weighted by Gasteiger charge is -2.22. The minimum atomic E-state index is -0.250. The van der Waals surface area contributed by atoms with Crippen molar-refractivity contribution in [1.29, 1.82) is 0 Å². The molecule has 2 heterocycles. The maximum absolute atomic E-state index is 10.2. The summed E-state index contributed by atoms with van der Waals surface area (Å²) in [5.74, 6) is 0.864. The average Bonchev–Trinajstić information content (AvgIpc) is 3.14. The second kappa shape index (κ2) is 14.2. The minimum absolute atomic E-state index is 0.00000543. The smallest absolute Gasteiger partial charge is 0.290 e. The van der Waals surface area contributed by atoms with E-state index in [2.05, 4.69) is 15.0 Å². The van der Waals surface area contributed by atoms with Gasteiger partial charge in [0.1, 0.15) is 11.6 Å². The number of imidazole rings is 1. The number of pyridine rings is 1. The topological polar surface area (TPSA) is 180 Å². The van der Waals surface area contributed by atoms with Gasteiger partial charge in [0.15, 0.2) is 0 Å². The molecule has 0 saturated heterocycles. The number of carbonyl (C=O) groups is 2. The second-order valence-electron chi connectivity index (χ2n) is 5.04. The highest BCUT2D eigenvalue weighted by molar-refractivity contribution is 5.40. The quantitative estimate of drug-likeness (QED) is 0.347. The van der Waals surface area contributed by atoms with Gasteiger partial charge in [0.2, 0.25) is 0 Å². The number of nitrogens with zero attached hydrogens (tertiary/aromatic N) is 3. The third-order valence-corrected chi connectivity index (χ3v) is 3.33. The average molecular weight is 384 g/mol. The molecule has 0 saturated carbocycles. The van der Waals surface area contributed by atoms with Crippen molar-refractivity contribution in [2.75, 3.05) is 13.2 Å². The lowest BCUT2D eigenvalue weighted by molar-refractivity contribution is -0.123. The van der Waals surface area contributed by atoms with Crippen LogP contribution >= 0.6 is 0 Å². The standard InChI is InChI=1S/C14H20N4O3.2CH2O2/c1-10-14(21)12(11(9-20)6-17-10)7-18(4-5-19)8-13-15-2-3-16-13;2*2-1-3/h2-3,6,19-21H,4-5,7-9H2,1H3,(H,15,16);2*1H,(H,2,3). The Bertz CT molecular complexity index is 659. The van der Waals surface area contributed by atoms with Crippen molar-refractivity contribution in [3.05, 3.63) is 41.2 Å². The van der Waals surface area contributed by atoms with E-state index in [9.17, 15) is 15.3 Å². The monoisotopic (exact) mass is 384 g/mol. The van der Waals surface area contributed by atoms with Gasteiger partial charge in [0, 0.05) is 42.8 Å². The Kier molecular flexibility index (Phi) is 12.6. The molecule has 2 aromatic rings. The van der Waals surface area contributed by atoms with Crippen LogP contribution in [0.3, 0.4) is 0 Å². The Balaban J connectivity index is 0.000000997. The number of aromatic hydroxyl groups is 1. The van der Waals surface area contributed by atoms with Crippen molar-refractivity contribution >= 4 is 12.9 Å². The first-order chi connectivity index (χ1) is 13.0. The molecule has 27 heavy (non-hydrogen) atoms. The molecule has 0 aliphatic heterocycles. The summed E-state index contributed by atoms with van der Waals surface area (Å²) in [6.07, 6.45) is 4.97. The molecule has 11 nitrogen and oxygen atoms in total. The zero-order valence-corrected chi connectivity index (χ0v) is 14.8. The van der Waals surface area contributed by atoms with Crippen molar-refractivity contribution in [2.45, 2.75) is 26.6 Å². The molecular weight excluding hydrogens is 360 g/mol. The van der Waals surface area contributed by atoms with E-state index in [1.807, 2.05) is 4.90 Å². The lowest BCUT2D eigenvalue weighted by atomic mass is 10.1. The molecule has 0 bridgehead atoms. The SMILES string of the molecule is Cc1ncc(CO)c(CN(CCO)Cc2ncc[nH]2)c1O.O=CO.O=CO. The van der Waals surface area contributed by atoms with Gasteiger partial charge in [-0.15, -0.1) is 0 Å². The van der Waals surface area contributed by atoms with E-state index in [1.54, 1.807) is 25.5 Å². The molecule has 0 aliphatic carbocycles. The van der Waals surface area contributed by atoms with Gasteiger partial charge in [-0.25, -0.2) is 4.98 Å². The number of rotatable bonds is 7. The van der Waals surface area contributed by atoms with Gasteiger partial charge in [0.25, 0.3) is 12.9 Å². The maximum Gasteiger partial charge on any atom is 0.290 e. The zero-order valence-electron chi connectivity index (χ0n) is 14.8. The van der Waals surface area contributed by atoms with Crippen molar-refractivity contribution < 1.29 is 35.1 Å². The van der Waals surface area contributed by atoms with Gasteiger partial charge in [-0.1, -0.05) is 0 Å². The van der Waals surface area contributed by atoms with Gasteiger partial charge in [-0.3, -0.25) is 19.5 Å². The summed E-state index contributed by atoms with van der Waals surface area (Å²) >= 11 is 0. The fraction of sp³-hybridized carbons (Fsp3) is 0.375. The van der Waals surface area contributed by atoms with Crippen LogP contribution in [0.15, 0.2) is 18.6 Å². The Labute approximate surface area is 155 Å². The summed E-state index contributed by atoms with van der Waals surface area (Å²) in [7, 11) is 0. The fourth-order valence-electron chi connectivity index (χ4n) is 2.17. The number of aromatic nitrogens is 3. The Morgan fingerprint density at radius 1 is 1.15 bits per heavy atom. The highest BCUT2D eigenvalue weighted by Gasteiger charge is 2.16. The summed E-state index contributed by atoms with van der Waals surface area (Å²) in [6.45, 7) is 2.37. The number of hydrogen-bond acceptors (Lipinski definition) is 8. The van der Waals surface area contributed by atoms with Gasteiger partial charge in [-0.05, 0) is 6.92 Å². The highest BCUT2D eigenvalue weighted by atomic mass is 16.3. The Morgan fingerprint density at radius 2 is 1.78 bits per heavy atom. The minimum Gasteiger partial charge on any atom is -0.506 e. The number of hydrogen-bond donors (Lipinski definition) is 6. The molecule has 0 amide bonds. The highest BCUT2D eigenvalue weighted by Crippen LogP contribution is 2.25. The largest absolute Gasteiger partial charge is 0.506 e. The molecule has 0 radical (unpaired) electrons. The third-order valence-electron chi connectivity index (χ3n) is 3.33. The molecule has 0 fully saturated rings. The molecule has 0 spiro atoms. The van der Waals surface area contributed by atoms with Crippen LogP contribution < -0.4 is 0 Å². The molecule has 2 rings (SSSR count). The predicted molar refractivity (Wildman–Crippen MR) is 93.7 cm³/mol. The number of aromatic amines is 1. The second-order valence-corrected chi connectivity index (χ2v) is 5.04. The number of aliphatic hydroxyl groups excluding tert-OH is 2. The van der Waals surface area contributed by atoms with Crippen LogP contribution in [0.1, 0.15) is 22.6 Å². The summed E-state index contributed by atoms with van der Waals surface area (Å²) in [5.41, 5.74) is 1.73. The first-order valence-corrected chi connectivity index (χ1v) is 7.73. The third kappa shape index (κ3) is 8.76. The molecule has 0 aromatic carbocycles. The van der Waals surface area contributed by atoms with Gasteiger partial charge in [0.05, 0.1) is 25.5 Å². The van der Waals surface area contributed by atoms with Crippen molar-refractivity contribution in [3.8, 4) is 5.75 Å². The van der Waals surface area contributed by atoms with Crippen LogP contribution in [0.25, 0.3) is 0 Å². The van der Waals surface area contributed by atoms with Gasteiger partial charge in [-0.2, -0.15) is 0 Å². The van der Waals surface area contributed by atoms with E-state index in [1.165, 1.54) is 0 Å². The fourth-order valence-corrected chi connectivity index (χ4v) is 2.17. The zero-order chi connectivity index (χ0) is 20.7. The molecule has 150 valence electrons. The van der Waals surface area contributed by atoms with E-state index < -0.39 is 0 Å². The summed E-state index contributed by atoms with van der Waals surface area (Å²) < 4.78 is 0. The Morgan fingerprint density at radius 3 is 2.26 bits per heavy atom. The summed E-state index contributed by atoms with van der Waals surface area (Å²) in [5, 5.41) is 42.5. The first-order valence-electron chi connectivity index (χ1n) is 7.73. The molecular formula is C16H24N4O7. The van der Waals surface area contributed by atoms with E-state index in [0.29, 0.717) is 36.5 Å². The lowest BCUT2D eigenvalue weighted by Crippen LogP contribution is -2.27. The van der Waals surface area contributed by atoms with Gasteiger partial charge >= 0.3 is 0 Å². The van der Waals surface area contributed by atoms with Crippen molar-refractivity contribution in [1.82, 2.24) is 19.9 Å². The molecule has 6 N–H and O–H groups in total. The maximum atomic E-state index is 10.2. The Hall–Kier alpha value is -3.02. The van der Waals surface area contributed by atoms with Gasteiger partial charge < -0.3 is 30.5 Å². The number of H-pyrrole nitrogens is 1. The number of aliphatic hydroxyl groups is 2. The number of aryl methyl sites for hydroxylation is 1. The summed E-state index contributed by atoms with van der Waals surface area (Å²) in [6, 6.07) is 0. The predicted octanol–water partition coefficient (Wildman–Crippen LogP) is -0.293. The first kappa shape index (κ1) is 24.0. The van der Waals surface area contributed by atoms with Crippen LogP contribution in [-0.4, -0.2) is 71.5 Å². The summed E-state index contributed by atoms with van der Waals surface area (Å²) in [4.78, 5) is 29.9. The van der Waals surface area contributed by atoms with E-state index in [4.69, 9.17) is 19.8 Å². The number of nitrogens with one attached hydrogen (secondary N) is 1. The molecule has 11 heteroatoms. The van der Waals surface area contributed by atoms with Crippen LogP contribution in [0.4, 0.5) is 0 Å². The van der Waals surface area contributed by atoms with E-state index in [-0.39, 0.29) is 31.9 Å². The van der Waals surface area contributed by atoms with E-state index >= 15 is 0 Å². The molecule has 0 atom stereocenters. The van der Waals surface area contributed by atoms with Crippen LogP contribution in [0.5, 0.6) is 5.75 Å². The van der Waals surface area contributed by atoms with Crippen LogP contribution in [0, 0.1) is 6.92 Å². The normalized spacial score (nSPS) is 9.63. The van der Waals surface area contributed by atoms with Crippen LogP contribution in [0.2, 0.25) is 0 Å². The number of carboxylic acid groups (broad SMARTS) is 2. The van der Waals surface area contributed by atoms with E-state index in [0.717, 1.165) is 5.82 Å². The van der Waals surface area contributed by atoms with Crippen molar-refractivity contribution in [3.63, 3.8) is 0 Å². The molecule has 2 aromatic heterocycles. The van der Waals surface area contributed by atoms with Crippen LogP contribution in [-0.2, 0) is 29.3 Å². The molecule has 0 unspecified atom stereocenters.